The lowest BCUT2D eigenvalue weighted by atomic mass is 10.2. The lowest BCUT2D eigenvalue weighted by molar-refractivity contribution is 0.0601. The monoisotopic (exact) mass is 292 g/mol. The van der Waals surface area contributed by atoms with Gasteiger partial charge in [0.1, 0.15) is 0 Å². The number of hydrogen-bond acceptors (Lipinski definition) is 5. The SMILES string of the molecule is COC(=O)c1ccc2nc(S)n(CC3CCCO3)c2c1. The molecule has 1 aromatic carbocycles. The Hall–Kier alpha value is -1.53. The molecule has 1 saturated heterocycles. The van der Waals surface area contributed by atoms with E-state index in [4.69, 9.17) is 9.47 Å². The van der Waals surface area contributed by atoms with Gasteiger partial charge in [-0.25, -0.2) is 9.78 Å². The van der Waals surface area contributed by atoms with Crippen molar-refractivity contribution in [3.05, 3.63) is 23.8 Å². The zero-order valence-corrected chi connectivity index (χ0v) is 12.1. The Morgan fingerprint density at radius 1 is 1.60 bits per heavy atom. The van der Waals surface area contributed by atoms with E-state index in [0.717, 1.165) is 30.5 Å². The van der Waals surface area contributed by atoms with E-state index in [1.54, 1.807) is 12.1 Å². The highest BCUT2D eigenvalue weighted by Crippen LogP contribution is 2.23. The van der Waals surface area contributed by atoms with Gasteiger partial charge in [-0.05, 0) is 31.0 Å². The molecule has 1 aliphatic heterocycles. The summed E-state index contributed by atoms with van der Waals surface area (Å²) in [5.74, 6) is -0.350. The molecule has 1 atom stereocenters. The van der Waals surface area contributed by atoms with Gasteiger partial charge in [0.05, 0.1) is 36.4 Å². The Labute approximate surface area is 122 Å². The molecule has 2 aromatic rings. The molecule has 0 spiro atoms. The van der Waals surface area contributed by atoms with Gasteiger partial charge in [0.15, 0.2) is 5.16 Å². The van der Waals surface area contributed by atoms with Crippen LogP contribution in [0.3, 0.4) is 0 Å². The van der Waals surface area contributed by atoms with Gasteiger partial charge >= 0.3 is 5.97 Å². The molecular weight excluding hydrogens is 276 g/mol. The average molecular weight is 292 g/mol. The molecule has 106 valence electrons. The van der Waals surface area contributed by atoms with Crippen LogP contribution in [0.15, 0.2) is 23.4 Å². The molecule has 3 rings (SSSR count). The number of ether oxygens (including phenoxy) is 2. The van der Waals surface area contributed by atoms with Crippen LogP contribution in [0.25, 0.3) is 11.0 Å². The van der Waals surface area contributed by atoms with Gasteiger partial charge in [-0.1, -0.05) is 0 Å². The molecule has 0 aliphatic carbocycles. The van der Waals surface area contributed by atoms with Crippen molar-refractivity contribution in [1.82, 2.24) is 9.55 Å². The molecule has 0 bridgehead atoms. The van der Waals surface area contributed by atoms with Gasteiger partial charge in [0.25, 0.3) is 0 Å². The summed E-state index contributed by atoms with van der Waals surface area (Å²) >= 11 is 4.42. The maximum absolute atomic E-state index is 11.6. The van der Waals surface area contributed by atoms with Gasteiger partial charge < -0.3 is 14.0 Å². The standard InChI is InChI=1S/C14H16N2O3S/c1-18-13(17)9-4-5-11-12(7-9)16(14(20)15-11)8-10-3-2-6-19-10/h4-5,7,10H,2-3,6,8H2,1H3,(H,15,20). The van der Waals surface area contributed by atoms with Crippen molar-refractivity contribution < 1.29 is 14.3 Å². The largest absolute Gasteiger partial charge is 0.465 e. The molecule has 2 heterocycles. The minimum absolute atomic E-state index is 0.195. The van der Waals surface area contributed by atoms with E-state index < -0.39 is 0 Å². The van der Waals surface area contributed by atoms with Gasteiger partial charge in [0, 0.05) is 6.61 Å². The van der Waals surface area contributed by atoms with E-state index in [2.05, 4.69) is 17.6 Å². The fourth-order valence-corrected chi connectivity index (χ4v) is 2.82. The topological polar surface area (TPSA) is 53.3 Å². The van der Waals surface area contributed by atoms with Crippen molar-refractivity contribution in [2.45, 2.75) is 30.6 Å². The molecule has 20 heavy (non-hydrogen) atoms. The highest BCUT2D eigenvalue weighted by molar-refractivity contribution is 7.80. The summed E-state index contributed by atoms with van der Waals surface area (Å²) < 4.78 is 12.4. The first-order chi connectivity index (χ1) is 9.69. The number of fused-ring (bicyclic) bond motifs is 1. The zero-order chi connectivity index (χ0) is 14.1. The zero-order valence-electron chi connectivity index (χ0n) is 11.2. The second-order valence-electron chi connectivity index (χ2n) is 4.85. The summed E-state index contributed by atoms with van der Waals surface area (Å²) in [5.41, 5.74) is 2.22. The highest BCUT2D eigenvalue weighted by Gasteiger charge is 2.19. The van der Waals surface area contributed by atoms with Crippen molar-refractivity contribution in [3.63, 3.8) is 0 Å². The molecule has 0 N–H and O–H groups in total. The van der Waals surface area contributed by atoms with Gasteiger partial charge in [-0.3, -0.25) is 0 Å². The lowest BCUT2D eigenvalue weighted by Crippen LogP contribution is -2.15. The smallest absolute Gasteiger partial charge is 0.337 e. The van der Waals surface area contributed by atoms with E-state index in [1.807, 2.05) is 10.6 Å². The number of thiol groups is 1. The first-order valence-corrected chi connectivity index (χ1v) is 7.03. The Morgan fingerprint density at radius 3 is 3.15 bits per heavy atom. The molecule has 5 nitrogen and oxygen atoms in total. The van der Waals surface area contributed by atoms with E-state index >= 15 is 0 Å². The molecule has 0 radical (unpaired) electrons. The van der Waals surface area contributed by atoms with Crippen molar-refractivity contribution in [3.8, 4) is 0 Å². The molecule has 6 heteroatoms. The normalized spacial score (nSPS) is 18.6. The number of benzene rings is 1. The van der Waals surface area contributed by atoms with Crippen molar-refractivity contribution >= 4 is 29.6 Å². The van der Waals surface area contributed by atoms with Gasteiger partial charge in [0.2, 0.25) is 0 Å². The number of imidazole rings is 1. The Morgan fingerprint density at radius 2 is 2.45 bits per heavy atom. The summed E-state index contributed by atoms with van der Waals surface area (Å²) in [6.07, 6.45) is 2.33. The number of hydrogen-bond donors (Lipinski definition) is 1. The first kappa shape index (κ1) is 13.5. The maximum atomic E-state index is 11.6. The molecule has 1 fully saturated rings. The average Bonchev–Trinajstić information content (AvgIpc) is 3.07. The Balaban J connectivity index is 2.00. The van der Waals surface area contributed by atoms with Gasteiger partial charge in [-0.2, -0.15) is 0 Å². The Kier molecular flexibility index (Phi) is 3.67. The van der Waals surface area contributed by atoms with E-state index in [1.165, 1.54) is 7.11 Å². The maximum Gasteiger partial charge on any atom is 0.337 e. The van der Waals surface area contributed by atoms with Crippen LogP contribution in [0.4, 0.5) is 0 Å². The fraction of sp³-hybridized carbons (Fsp3) is 0.429. The number of esters is 1. The second-order valence-corrected chi connectivity index (χ2v) is 5.25. The number of nitrogens with zero attached hydrogens (tertiary/aromatic N) is 2. The minimum atomic E-state index is -0.350. The van der Waals surface area contributed by atoms with Crippen LogP contribution < -0.4 is 0 Å². The van der Waals surface area contributed by atoms with Crippen LogP contribution in [0.5, 0.6) is 0 Å². The molecule has 1 aromatic heterocycles. The van der Waals surface area contributed by atoms with E-state index in [9.17, 15) is 4.79 Å². The summed E-state index contributed by atoms with van der Waals surface area (Å²) in [6, 6.07) is 5.32. The van der Waals surface area contributed by atoms with E-state index in [-0.39, 0.29) is 12.1 Å². The minimum Gasteiger partial charge on any atom is -0.465 e. The number of carbonyl (C=O) groups excluding carboxylic acids is 1. The lowest BCUT2D eigenvalue weighted by Gasteiger charge is -2.12. The van der Waals surface area contributed by atoms with E-state index in [0.29, 0.717) is 17.3 Å². The third-order valence-electron chi connectivity index (χ3n) is 3.56. The van der Waals surface area contributed by atoms with Crippen LogP contribution >= 0.6 is 12.6 Å². The Bertz CT molecular complexity index is 647. The van der Waals surface area contributed by atoms with Gasteiger partial charge in [-0.15, -0.1) is 12.6 Å². The number of methoxy groups -OCH3 is 1. The quantitative estimate of drug-likeness (QED) is 0.696. The molecule has 0 amide bonds. The van der Waals surface area contributed by atoms with Crippen LogP contribution in [0.1, 0.15) is 23.2 Å². The third kappa shape index (κ3) is 2.41. The van der Waals surface area contributed by atoms with Crippen molar-refractivity contribution in [2.75, 3.05) is 13.7 Å². The van der Waals surface area contributed by atoms with Crippen LogP contribution in [-0.2, 0) is 16.0 Å². The molecule has 0 saturated carbocycles. The van der Waals surface area contributed by atoms with Crippen LogP contribution in [-0.4, -0.2) is 35.3 Å². The van der Waals surface area contributed by atoms with Crippen LogP contribution in [0, 0.1) is 0 Å². The predicted octanol–water partition coefficient (Wildman–Crippen LogP) is 2.29. The first-order valence-electron chi connectivity index (χ1n) is 6.58. The third-order valence-corrected chi connectivity index (χ3v) is 3.90. The summed E-state index contributed by atoms with van der Waals surface area (Å²) in [4.78, 5) is 16.0. The summed E-state index contributed by atoms with van der Waals surface area (Å²) in [7, 11) is 1.38. The number of aromatic nitrogens is 2. The van der Waals surface area contributed by atoms with Crippen molar-refractivity contribution in [2.24, 2.45) is 0 Å². The summed E-state index contributed by atoms with van der Waals surface area (Å²) in [6.45, 7) is 1.52. The molecule has 1 aliphatic rings. The van der Waals surface area contributed by atoms with Crippen LogP contribution in [0.2, 0.25) is 0 Å². The molecular formula is C14H16N2O3S. The highest BCUT2D eigenvalue weighted by atomic mass is 32.1. The van der Waals surface area contributed by atoms with Crippen molar-refractivity contribution in [1.29, 1.82) is 0 Å². The summed E-state index contributed by atoms with van der Waals surface area (Å²) in [5, 5.41) is 0.637. The predicted molar refractivity (Wildman–Crippen MR) is 77.3 cm³/mol. The second kappa shape index (κ2) is 5.46. The number of rotatable bonds is 3. The number of carbonyl (C=O) groups is 1. The fourth-order valence-electron chi connectivity index (χ4n) is 2.53. The molecule has 1 unspecified atom stereocenters.